The number of hydrogen-bond acceptors (Lipinski definition) is 4. The Balaban J connectivity index is 3.12. The van der Waals surface area contributed by atoms with Gasteiger partial charge in [0.25, 0.3) is 0 Å². The van der Waals surface area contributed by atoms with Crippen LogP contribution in [0.3, 0.4) is 0 Å². The van der Waals surface area contributed by atoms with E-state index in [0.717, 1.165) is 0 Å². The van der Waals surface area contributed by atoms with E-state index in [9.17, 15) is 5.11 Å². The first-order valence-corrected chi connectivity index (χ1v) is 4.70. The number of aliphatic hydroxyl groups is 2. The molecular weight excluding hydrogens is 172 g/mol. The third kappa shape index (κ3) is 9.76. The minimum atomic E-state index is -0.542. The van der Waals surface area contributed by atoms with E-state index in [1.165, 1.54) is 0 Å². The van der Waals surface area contributed by atoms with Crippen molar-refractivity contribution in [1.29, 1.82) is 0 Å². The molecule has 0 fully saturated rings. The smallest absolute Gasteiger partial charge is 0.108 e. The summed E-state index contributed by atoms with van der Waals surface area (Å²) in [6.07, 6.45) is 0.593. The van der Waals surface area contributed by atoms with Crippen molar-refractivity contribution in [2.45, 2.75) is 32.8 Å². The lowest BCUT2D eigenvalue weighted by atomic mass is 10.2. The van der Waals surface area contributed by atoms with Crippen LogP contribution in [0.25, 0.3) is 0 Å². The summed E-state index contributed by atoms with van der Waals surface area (Å²) in [5, 5.41) is 17.7. The van der Waals surface area contributed by atoms with Crippen molar-refractivity contribution in [2.24, 2.45) is 5.92 Å². The van der Waals surface area contributed by atoms with Gasteiger partial charge in [-0.05, 0) is 18.8 Å². The molecule has 0 spiro atoms. The zero-order valence-corrected chi connectivity index (χ0v) is 8.40. The lowest BCUT2D eigenvalue weighted by molar-refractivity contribution is -0.310. The van der Waals surface area contributed by atoms with Crippen molar-refractivity contribution >= 4 is 0 Å². The maximum atomic E-state index is 9.23. The highest BCUT2D eigenvalue weighted by atomic mass is 17.2. The fourth-order valence-electron chi connectivity index (χ4n) is 0.721. The largest absolute Gasteiger partial charge is 0.396 e. The van der Waals surface area contributed by atoms with Crippen LogP contribution in [-0.4, -0.2) is 36.1 Å². The zero-order chi connectivity index (χ0) is 10.1. The van der Waals surface area contributed by atoms with Crippen molar-refractivity contribution in [3.63, 3.8) is 0 Å². The molecule has 0 saturated carbocycles. The van der Waals surface area contributed by atoms with Crippen molar-refractivity contribution in [3.05, 3.63) is 0 Å². The van der Waals surface area contributed by atoms with Gasteiger partial charge in [-0.2, -0.15) is 0 Å². The van der Waals surface area contributed by atoms with Crippen LogP contribution in [0.5, 0.6) is 0 Å². The van der Waals surface area contributed by atoms with E-state index < -0.39 is 6.10 Å². The van der Waals surface area contributed by atoms with E-state index in [1.807, 2.05) is 13.8 Å². The zero-order valence-electron chi connectivity index (χ0n) is 8.40. The summed E-state index contributed by atoms with van der Waals surface area (Å²) in [5.74, 6) is 0.426. The first-order valence-electron chi connectivity index (χ1n) is 4.70. The van der Waals surface area contributed by atoms with Gasteiger partial charge in [-0.15, -0.1) is 0 Å². The molecule has 1 unspecified atom stereocenters. The molecule has 0 aromatic carbocycles. The minimum Gasteiger partial charge on any atom is -0.396 e. The normalized spacial score (nSPS) is 13.6. The average molecular weight is 192 g/mol. The fraction of sp³-hybridized carbons (Fsp3) is 1.00. The summed E-state index contributed by atoms with van der Waals surface area (Å²) < 4.78 is 0. The van der Waals surface area contributed by atoms with Gasteiger partial charge in [0.1, 0.15) is 6.61 Å². The predicted octanol–water partition coefficient (Wildman–Crippen LogP) is 0.724. The van der Waals surface area contributed by atoms with Crippen LogP contribution in [-0.2, 0) is 9.78 Å². The molecule has 0 bridgehead atoms. The standard InChI is InChI=1S/C9H20O4/c1-8(2)6-12-13-7-9(11)4-3-5-10/h8-11H,3-7H2,1-2H3. The van der Waals surface area contributed by atoms with Gasteiger partial charge in [0, 0.05) is 6.61 Å². The summed E-state index contributed by atoms with van der Waals surface area (Å²) in [5.41, 5.74) is 0. The van der Waals surface area contributed by atoms with Crippen LogP contribution < -0.4 is 0 Å². The second-order valence-electron chi connectivity index (χ2n) is 3.48. The maximum Gasteiger partial charge on any atom is 0.108 e. The summed E-state index contributed by atoms with van der Waals surface area (Å²) in [4.78, 5) is 9.59. The predicted molar refractivity (Wildman–Crippen MR) is 49.1 cm³/mol. The number of rotatable bonds is 8. The summed E-state index contributed by atoms with van der Waals surface area (Å²) >= 11 is 0. The molecule has 0 aromatic heterocycles. The molecule has 0 aliphatic carbocycles. The van der Waals surface area contributed by atoms with Crippen LogP contribution in [0, 0.1) is 5.92 Å². The molecule has 0 radical (unpaired) electrons. The fourth-order valence-corrected chi connectivity index (χ4v) is 0.721. The van der Waals surface area contributed by atoms with E-state index in [0.29, 0.717) is 25.4 Å². The van der Waals surface area contributed by atoms with Crippen molar-refractivity contribution < 1.29 is 20.0 Å². The van der Waals surface area contributed by atoms with E-state index >= 15 is 0 Å². The van der Waals surface area contributed by atoms with Gasteiger partial charge in [0.15, 0.2) is 0 Å². The van der Waals surface area contributed by atoms with Gasteiger partial charge >= 0.3 is 0 Å². The van der Waals surface area contributed by atoms with E-state index in [-0.39, 0.29) is 13.2 Å². The first-order chi connectivity index (χ1) is 6.16. The summed E-state index contributed by atoms with van der Waals surface area (Å²) in [6.45, 7) is 4.85. The second kappa shape index (κ2) is 8.44. The molecule has 0 amide bonds. The number of hydrogen-bond donors (Lipinski definition) is 2. The van der Waals surface area contributed by atoms with E-state index in [2.05, 4.69) is 0 Å². The molecule has 4 heteroatoms. The Kier molecular flexibility index (Phi) is 8.33. The monoisotopic (exact) mass is 192 g/mol. The summed E-state index contributed by atoms with van der Waals surface area (Å²) in [7, 11) is 0. The lowest BCUT2D eigenvalue weighted by Crippen LogP contribution is -2.17. The molecule has 13 heavy (non-hydrogen) atoms. The lowest BCUT2D eigenvalue weighted by Gasteiger charge is -2.10. The van der Waals surface area contributed by atoms with Crippen LogP contribution in [0.2, 0.25) is 0 Å². The molecule has 2 N–H and O–H groups in total. The third-order valence-electron chi connectivity index (χ3n) is 1.44. The average Bonchev–Trinajstić information content (AvgIpc) is 2.08. The molecule has 80 valence electrons. The van der Waals surface area contributed by atoms with E-state index in [4.69, 9.17) is 14.9 Å². The molecule has 0 aliphatic rings. The third-order valence-corrected chi connectivity index (χ3v) is 1.44. The van der Waals surface area contributed by atoms with Gasteiger partial charge in [-0.25, -0.2) is 9.78 Å². The Labute approximate surface area is 79.4 Å². The molecule has 4 nitrogen and oxygen atoms in total. The Morgan fingerprint density at radius 1 is 1.15 bits per heavy atom. The SMILES string of the molecule is CC(C)COOCC(O)CCCO. The van der Waals surface area contributed by atoms with E-state index in [1.54, 1.807) is 0 Å². The van der Waals surface area contributed by atoms with Gasteiger partial charge in [-0.3, -0.25) is 0 Å². The Morgan fingerprint density at radius 3 is 2.31 bits per heavy atom. The summed E-state index contributed by atoms with van der Waals surface area (Å²) in [6, 6.07) is 0. The molecule has 0 heterocycles. The van der Waals surface area contributed by atoms with Gasteiger partial charge < -0.3 is 10.2 Å². The Bertz CT molecular complexity index is 106. The minimum absolute atomic E-state index is 0.101. The van der Waals surface area contributed by atoms with Crippen LogP contribution in [0.4, 0.5) is 0 Å². The molecule has 0 rings (SSSR count). The first kappa shape index (κ1) is 12.8. The molecule has 0 aliphatic heterocycles. The highest BCUT2D eigenvalue weighted by Gasteiger charge is 2.04. The topological polar surface area (TPSA) is 58.9 Å². The van der Waals surface area contributed by atoms with Crippen LogP contribution >= 0.6 is 0 Å². The van der Waals surface area contributed by atoms with Gasteiger partial charge in [-0.1, -0.05) is 13.8 Å². The molecule has 1 atom stereocenters. The molecule has 0 saturated heterocycles. The quantitative estimate of drug-likeness (QED) is 0.338. The second-order valence-corrected chi connectivity index (χ2v) is 3.48. The Hall–Kier alpha value is -0.160. The highest BCUT2D eigenvalue weighted by Crippen LogP contribution is 1.98. The molecule has 0 aromatic rings. The van der Waals surface area contributed by atoms with Crippen LogP contribution in [0.1, 0.15) is 26.7 Å². The highest BCUT2D eigenvalue weighted by molar-refractivity contribution is 4.51. The van der Waals surface area contributed by atoms with Crippen molar-refractivity contribution in [1.82, 2.24) is 0 Å². The van der Waals surface area contributed by atoms with Crippen LogP contribution in [0.15, 0.2) is 0 Å². The van der Waals surface area contributed by atoms with Gasteiger partial charge in [0.05, 0.1) is 12.7 Å². The van der Waals surface area contributed by atoms with Crippen molar-refractivity contribution in [2.75, 3.05) is 19.8 Å². The molecular formula is C9H20O4. The maximum absolute atomic E-state index is 9.23. The Morgan fingerprint density at radius 2 is 1.77 bits per heavy atom. The number of aliphatic hydroxyl groups excluding tert-OH is 2. The van der Waals surface area contributed by atoms with Gasteiger partial charge in [0.2, 0.25) is 0 Å². The van der Waals surface area contributed by atoms with Crippen molar-refractivity contribution in [3.8, 4) is 0 Å².